The lowest BCUT2D eigenvalue weighted by Crippen LogP contribution is -2.52. The Kier molecular flexibility index (Phi) is 4.11. The van der Waals surface area contributed by atoms with Crippen molar-refractivity contribution in [3.05, 3.63) is 71.3 Å². The Morgan fingerprint density at radius 3 is 2.23 bits per heavy atom. The third-order valence-corrected chi connectivity index (χ3v) is 4.06. The molecular weight excluding hydrogens is 278 g/mol. The van der Waals surface area contributed by atoms with Crippen molar-refractivity contribution in [1.29, 1.82) is 0 Å². The fourth-order valence-corrected chi connectivity index (χ4v) is 2.91. The van der Waals surface area contributed by atoms with Gasteiger partial charge in [-0.3, -0.25) is 0 Å². The third kappa shape index (κ3) is 3.12. The molecule has 0 bridgehead atoms. The second-order valence-corrected chi connectivity index (χ2v) is 5.75. The van der Waals surface area contributed by atoms with Gasteiger partial charge in [-0.25, -0.2) is 4.79 Å². The Labute approximate surface area is 129 Å². The molecule has 4 heteroatoms. The highest BCUT2D eigenvalue weighted by Gasteiger charge is 2.38. The largest absolute Gasteiger partial charge is 0.445 e. The van der Waals surface area contributed by atoms with Crippen LogP contribution in [-0.2, 0) is 24.2 Å². The first kappa shape index (κ1) is 14.6. The SMILES string of the molecule is O=C(NC1(CO)Cc2ccccc2C1)OCc1ccccc1. The first-order chi connectivity index (χ1) is 10.7. The van der Waals surface area contributed by atoms with Crippen LogP contribution in [0.1, 0.15) is 16.7 Å². The van der Waals surface area contributed by atoms with Crippen LogP contribution in [0, 0.1) is 0 Å². The molecule has 0 aliphatic heterocycles. The van der Waals surface area contributed by atoms with Crippen LogP contribution in [0.15, 0.2) is 54.6 Å². The quantitative estimate of drug-likeness (QED) is 0.911. The summed E-state index contributed by atoms with van der Waals surface area (Å²) in [6.45, 7) is 0.114. The van der Waals surface area contributed by atoms with Crippen LogP contribution in [0.4, 0.5) is 4.79 Å². The minimum atomic E-state index is -0.655. The highest BCUT2D eigenvalue weighted by molar-refractivity contribution is 5.69. The summed E-state index contributed by atoms with van der Waals surface area (Å²) in [6, 6.07) is 17.5. The average Bonchev–Trinajstić information content (AvgIpc) is 2.92. The summed E-state index contributed by atoms with van der Waals surface area (Å²) >= 11 is 0. The first-order valence-corrected chi connectivity index (χ1v) is 7.37. The number of hydrogen-bond donors (Lipinski definition) is 2. The van der Waals surface area contributed by atoms with Gasteiger partial charge < -0.3 is 15.2 Å². The Morgan fingerprint density at radius 2 is 1.64 bits per heavy atom. The van der Waals surface area contributed by atoms with Crippen molar-refractivity contribution in [2.24, 2.45) is 0 Å². The van der Waals surface area contributed by atoms with Gasteiger partial charge >= 0.3 is 6.09 Å². The molecule has 0 unspecified atom stereocenters. The standard InChI is InChI=1S/C18H19NO3/c20-13-18(10-15-8-4-5-9-16(15)11-18)19-17(21)22-12-14-6-2-1-3-7-14/h1-9,20H,10-13H2,(H,19,21). The van der Waals surface area contributed by atoms with Crippen LogP contribution in [0.25, 0.3) is 0 Å². The average molecular weight is 297 g/mol. The molecule has 2 aromatic carbocycles. The fourth-order valence-electron chi connectivity index (χ4n) is 2.91. The number of carbonyl (C=O) groups is 1. The number of aliphatic hydroxyl groups excluding tert-OH is 1. The summed E-state index contributed by atoms with van der Waals surface area (Å²) in [6.07, 6.45) is 0.756. The van der Waals surface area contributed by atoms with E-state index in [2.05, 4.69) is 5.32 Å². The minimum Gasteiger partial charge on any atom is -0.445 e. The molecule has 3 rings (SSSR count). The molecule has 0 saturated heterocycles. The van der Waals surface area contributed by atoms with Gasteiger partial charge in [-0.05, 0) is 29.5 Å². The molecule has 0 radical (unpaired) electrons. The van der Waals surface area contributed by atoms with Crippen LogP contribution < -0.4 is 5.32 Å². The van der Waals surface area contributed by atoms with Crippen molar-refractivity contribution < 1.29 is 14.6 Å². The van der Waals surface area contributed by atoms with Crippen molar-refractivity contribution in [1.82, 2.24) is 5.32 Å². The highest BCUT2D eigenvalue weighted by Crippen LogP contribution is 2.29. The number of amides is 1. The topological polar surface area (TPSA) is 58.6 Å². The number of rotatable bonds is 4. The van der Waals surface area contributed by atoms with Crippen molar-refractivity contribution in [2.45, 2.75) is 25.0 Å². The minimum absolute atomic E-state index is 0.109. The van der Waals surface area contributed by atoms with Crippen LogP contribution in [0.2, 0.25) is 0 Å². The Hall–Kier alpha value is -2.33. The zero-order chi connectivity index (χ0) is 15.4. The van der Waals surface area contributed by atoms with E-state index in [1.54, 1.807) is 0 Å². The molecule has 0 spiro atoms. The lowest BCUT2D eigenvalue weighted by atomic mass is 9.97. The van der Waals surface area contributed by atoms with Gasteiger partial charge in [-0.15, -0.1) is 0 Å². The maximum Gasteiger partial charge on any atom is 0.408 e. The number of fused-ring (bicyclic) bond motifs is 1. The van der Waals surface area contributed by atoms with Crippen LogP contribution >= 0.6 is 0 Å². The van der Waals surface area contributed by atoms with E-state index < -0.39 is 11.6 Å². The third-order valence-electron chi connectivity index (χ3n) is 4.06. The molecule has 22 heavy (non-hydrogen) atoms. The highest BCUT2D eigenvalue weighted by atomic mass is 16.5. The molecule has 2 aromatic rings. The van der Waals surface area contributed by atoms with E-state index in [9.17, 15) is 9.90 Å². The van der Waals surface area contributed by atoms with E-state index >= 15 is 0 Å². The number of hydrogen-bond acceptors (Lipinski definition) is 3. The van der Waals surface area contributed by atoms with Gasteiger partial charge in [0.2, 0.25) is 0 Å². The number of ether oxygens (including phenoxy) is 1. The normalized spacial score (nSPS) is 15.1. The van der Waals surface area contributed by atoms with Crippen LogP contribution in [-0.4, -0.2) is 23.3 Å². The fraction of sp³-hybridized carbons (Fsp3) is 0.278. The lowest BCUT2D eigenvalue weighted by molar-refractivity contribution is 0.109. The van der Waals surface area contributed by atoms with Gasteiger partial charge in [0, 0.05) is 0 Å². The second-order valence-electron chi connectivity index (χ2n) is 5.75. The van der Waals surface area contributed by atoms with Gasteiger partial charge in [-0.2, -0.15) is 0 Å². The van der Waals surface area contributed by atoms with E-state index in [1.165, 1.54) is 11.1 Å². The van der Waals surface area contributed by atoms with Gasteiger partial charge in [0.05, 0.1) is 12.1 Å². The molecule has 1 amide bonds. The van der Waals surface area contributed by atoms with Gasteiger partial charge in [0.1, 0.15) is 6.61 Å². The summed E-state index contributed by atoms with van der Waals surface area (Å²) in [4.78, 5) is 12.0. The molecule has 0 saturated carbocycles. The molecule has 1 aliphatic rings. The summed E-state index contributed by atoms with van der Waals surface area (Å²) < 4.78 is 5.25. The predicted molar refractivity (Wildman–Crippen MR) is 83.4 cm³/mol. The lowest BCUT2D eigenvalue weighted by Gasteiger charge is -2.27. The van der Waals surface area contributed by atoms with E-state index in [-0.39, 0.29) is 13.2 Å². The molecule has 0 heterocycles. The molecular formula is C18H19NO3. The number of nitrogens with one attached hydrogen (secondary N) is 1. The first-order valence-electron chi connectivity index (χ1n) is 7.37. The zero-order valence-corrected chi connectivity index (χ0v) is 12.3. The molecule has 114 valence electrons. The molecule has 0 fully saturated rings. The molecule has 1 aliphatic carbocycles. The summed E-state index contributed by atoms with van der Waals surface area (Å²) in [5.74, 6) is 0. The number of aliphatic hydroxyl groups is 1. The maximum atomic E-state index is 12.0. The van der Waals surface area contributed by atoms with E-state index in [0.717, 1.165) is 5.56 Å². The predicted octanol–water partition coefficient (Wildman–Crippen LogP) is 2.44. The summed E-state index contributed by atoms with van der Waals surface area (Å²) in [7, 11) is 0. The monoisotopic (exact) mass is 297 g/mol. The number of benzene rings is 2. The smallest absolute Gasteiger partial charge is 0.408 e. The summed E-state index contributed by atoms with van der Waals surface area (Å²) in [5.41, 5.74) is 2.61. The van der Waals surface area contributed by atoms with Gasteiger partial charge in [0.15, 0.2) is 0 Å². The van der Waals surface area contributed by atoms with Gasteiger partial charge in [0.25, 0.3) is 0 Å². The molecule has 0 atom stereocenters. The van der Waals surface area contributed by atoms with Crippen LogP contribution in [0.5, 0.6) is 0 Å². The number of carbonyl (C=O) groups excluding carboxylic acids is 1. The van der Waals surface area contributed by atoms with Gasteiger partial charge in [-0.1, -0.05) is 54.6 Å². The maximum absolute atomic E-state index is 12.0. The summed E-state index contributed by atoms with van der Waals surface area (Å²) in [5, 5.41) is 12.6. The Morgan fingerprint density at radius 1 is 1.05 bits per heavy atom. The molecule has 0 aromatic heterocycles. The Bertz CT molecular complexity index is 629. The zero-order valence-electron chi connectivity index (χ0n) is 12.3. The van der Waals surface area contributed by atoms with E-state index in [1.807, 2.05) is 54.6 Å². The Balaban J connectivity index is 1.61. The van der Waals surface area contributed by atoms with Crippen molar-refractivity contribution >= 4 is 6.09 Å². The van der Waals surface area contributed by atoms with Crippen molar-refractivity contribution in [2.75, 3.05) is 6.61 Å². The molecule has 4 nitrogen and oxygen atoms in total. The second kappa shape index (κ2) is 6.20. The number of alkyl carbamates (subject to hydrolysis) is 1. The van der Waals surface area contributed by atoms with Crippen LogP contribution in [0.3, 0.4) is 0 Å². The molecule has 2 N–H and O–H groups in total. The van der Waals surface area contributed by atoms with E-state index in [4.69, 9.17) is 4.74 Å². The van der Waals surface area contributed by atoms with Crippen molar-refractivity contribution in [3.63, 3.8) is 0 Å². The van der Waals surface area contributed by atoms with Crippen molar-refractivity contribution in [3.8, 4) is 0 Å². The van der Waals surface area contributed by atoms with E-state index in [0.29, 0.717) is 12.8 Å².